The van der Waals surface area contributed by atoms with E-state index in [1.807, 2.05) is 30.3 Å². The number of hydrogen-bond donors (Lipinski definition) is 2. The third kappa shape index (κ3) is 1.48. The van der Waals surface area contributed by atoms with Crippen molar-refractivity contribution in [3.63, 3.8) is 0 Å². The molecule has 4 nitrogen and oxygen atoms in total. The number of aromatic nitrogens is 1. The maximum atomic E-state index is 5.27. The third-order valence-electron chi connectivity index (χ3n) is 3.09. The van der Waals surface area contributed by atoms with Crippen LogP contribution in [0.3, 0.4) is 0 Å². The Morgan fingerprint density at radius 2 is 2.17 bits per heavy atom. The van der Waals surface area contributed by atoms with Crippen LogP contribution in [0.15, 0.2) is 36.9 Å². The van der Waals surface area contributed by atoms with Crippen LogP contribution in [-0.4, -0.2) is 21.7 Å². The van der Waals surface area contributed by atoms with Gasteiger partial charge in [0.05, 0.1) is 5.52 Å². The predicted molar refractivity (Wildman–Crippen MR) is 79.7 cm³/mol. The fourth-order valence-electron chi connectivity index (χ4n) is 2.27. The zero-order chi connectivity index (χ0) is 12.7. The molecule has 5 heteroatoms. The van der Waals surface area contributed by atoms with Crippen LogP contribution in [0.5, 0.6) is 0 Å². The fraction of sp³-hybridized carbons (Fsp3) is 0.154. The molecule has 0 saturated heterocycles. The van der Waals surface area contributed by atoms with Crippen LogP contribution in [0.2, 0.25) is 0 Å². The highest BCUT2D eigenvalue weighted by Gasteiger charge is 2.23. The summed E-state index contributed by atoms with van der Waals surface area (Å²) in [6.45, 7) is 4.56. The lowest BCUT2D eigenvalue weighted by molar-refractivity contribution is 0.611. The number of nitrogens with zero attached hydrogens (tertiary/aromatic N) is 2. The van der Waals surface area contributed by atoms with Crippen molar-refractivity contribution in [3.8, 4) is 0 Å². The molecule has 18 heavy (non-hydrogen) atoms. The molecular weight excluding hydrogens is 244 g/mol. The van der Waals surface area contributed by atoms with Gasteiger partial charge in [0.1, 0.15) is 11.5 Å². The van der Waals surface area contributed by atoms with Crippen LogP contribution in [0.1, 0.15) is 0 Å². The molecule has 0 atom stereocenters. The number of allylic oxidation sites excluding steroid dienone is 1. The van der Waals surface area contributed by atoms with E-state index in [0.717, 1.165) is 18.1 Å². The van der Waals surface area contributed by atoms with E-state index in [9.17, 15) is 0 Å². The minimum atomic E-state index is 0.663. The van der Waals surface area contributed by atoms with Crippen molar-refractivity contribution < 1.29 is 0 Å². The number of para-hydroxylation sites is 1. The Bertz CT molecular complexity index is 644. The number of thiocarbonyl (C=S) groups is 1. The molecule has 2 N–H and O–H groups in total. The summed E-state index contributed by atoms with van der Waals surface area (Å²) in [5.74, 6) is 0.999. The van der Waals surface area contributed by atoms with Gasteiger partial charge in [-0.15, -0.1) is 6.58 Å². The Hall–Kier alpha value is -2.01. The Balaban J connectivity index is 2.29. The summed E-state index contributed by atoms with van der Waals surface area (Å²) in [5, 5.41) is 6.91. The minimum Gasteiger partial charge on any atom is -0.322 e. The van der Waals surface area contributed by atoms with E-state index in [2.05, 4.69) is 34.0 Å². The molecule has 0 radical (unpaired) electrons. The van der Waals surface area contributed by atoms with Crippen molar-refractivity contribution in [2.24, 2.45) is 0 Å². The maximum absolute atomic E-state index is 5.27. The Kier molecular flexibility index (Phi) is 2.48. The molecular formula is C13H14N4S. The summed E-state index contributed by atoms with van der Waals surface area (Å²) < 4.78 is 2.17. The highest BCUT2D eigenvalue weighted by molar-refractivity contribution is 7.80. The monoisotopic (exact) mass is 258 g/mol. The number of hydrogen-bond acceptors (Lipinski definition) is 2. The molecule has 0 aliphatic carbocycles. The second-order valence-electron chi connectivity index (χ2n) is 4.24. The zero-order valence-electron chi connectivity index (χ0n) is 10.1. The first-order valence-electron chi connectivity index (χ1n) is 5.76. The SMILES string of the molecule is C=CCn1c2c(c3ccccc31)NN(C)C(=S)N2. The first-order valence-corrected chi connectivity index (χ1v) is 6.16. The fourth-order valence-corrected chi connectivity index (χ4v) is 2.41. The molecule has 3 rings (SSSR count). The van der Waals surface area contributed by atoms with Crippen LogP contribution >= 0.6 is 12.2 Å². The molecule has 92 valence electrons. The third-order valence-corrected chi connectivity index (χ3v) is 3.47. The first-order chi connectivity index (χ1) is 8.72. The summed E-state index contributed by atoms with van der Waals surface area (Å²) in [6.07, 6.45) is 1.88. The highest BCUT2D eigenvalue weighted by Crippen LogP contribution is 2.37. The van der Waals surface area contributed by atoms with Gasteiger partial charge in [0, 0.05) is 19.0 Å². The van der Waals surface area contributed by atoms with Crippen LogP contribution in [-0.2, 0) is 6.54 Å². The first kappa shape index (κ1) is 11.1. The van der Waals surface area contributed by atoms with E-state index in [0.29, 0.717) is 5.11 Å². The maximum Gasteiger partial charge on any atom is 0.193 e. The number of rotatable bonds is 2. The van der Waals surface area contributed by atoms with Gasteiger partial charge in [-0.05, 0) is 18.3 Å². The van der Waals surface area contributed by atoms with Gasteiger partial charge in [0.25, 0.3) is 0 Å². The molecule has 0 bridgehead atoms. The Labute approximate surface area is 111 Å². The molecule has 1 aromatic heterocycles. The van der Waals surface area contributed by atoms with Crippen LogP contribution in [0.25, 0.3) is 10.9 Å². The average molecular weight is 258 g/mol. The second-order valence-corrected chi connectivity index (χ2v) is 4.63. The van der Waals surface area contributed by atoms with E-state index in [-0.39, 0.29) is 0 Å². The average Bonchev–Trinajstić information content (AvgIpc) is 2.66. The van der Waals surface area contributed by atoms with E-state index < -0.39 is 0 Å². The molecule has 2 heterocycles. The molecule has 1 aliphatic heterocycles. The topological polar surface area (TPSA) is 32.2 Å². The number of nitrogens with one attached hydrogen (secondary N) is 2. The van der Waals surface area contributed by atoms with Crippen molar-refractivity contribution in [3.05, 3.63) is 36.9 Å². The number of fused-ring (bicyclic) bond motifs is 3. The number of hydrazine groups is 1. The number of anilines is 2. The summed E-state index contributed by atoms with van der Waals surface area (Å²) in [5.41, 5.74) is 5.53. The smallest absolute Gasteiger partial charge is 0.193 e. The molecule has 0 spiro atoms. The van der Waals surface area contributed by atoms with E-state index >= 15 is 0 Å². The minimum absolute atomic E-state index is 0.663. The molecule has 0 amide bonds. The molecule has 1 aliphatic rings. The highest BCUT2D eigenvalue weighted by atomic mass is 32.1. The summed E-state index contributed by atoms with van der Waals surface area (Å²) in [7, 11) is 1.90. The van der Waals surface area contributed by atoms with Crippen molar-refractivity contribution in [1.29, 1.82) is 0 Å². The number of benzene rings is 1. The van der Waals surface area contributed by atoms with Gasteiger partial charge in [-0.2, -0.15) is 0 Å². The predicted octanol–water partition coefficient (Wildman–Crippen LogP) is 2.80. The largest absolute Gasteiger partial charge is 0.322 e. The Morgan fingerprint density at radius 1 is 1.39 bits per heavy atom. The van der Waals surface area contributed by atoms with E-state index in [1.165, 1.54) is 10.9 Å². The van der Waals surface area contributed by atoms with Gasteiger partial charge < -0.3 is 9.88 Å². The lowest BCUT2D eigenvalue weighted by Crippen LogP contribution is -2.40. The lowest BCUT2D eigenvalue weighted by Gasteiger charge is -2.29. The van der Waals surface area contributed by atoms with Crippen LogP contribution in [0.4, 0.5) is 11.5 Å². The summed E-state index contributed by atoms with van der Waals surface area (Å²) in [6, 6.07) is 8.28. The normalized spacial score (nSPS) is 14.1. The molecule has 2 aromatic rings. The van der Waals surface area contributed by atoms with Gasteiger partial charge in [0.15, 0.2) is 5.11 Å². The molecule has 0 fully saturated rings. The van der Waals surface area contributed by atoms with Gasteiger partial charge in [-0.1, -0.05) is 24.3 Å². The standard InChI is InChI=1S/C13H14N4S/c1-3-8-17-10-7-5-4-6-9(10)11-12(17)14-13(18)16(2)15-11/h3-7,15H,1,8H2,2H3,(H,14,18). The van der Waals surface area contributed by atoms with Crippen molar-refractivity contribution in [2.45, 2.75) is 6.54 Å². The summed E-state index contributed by atoms with van der Waals surface area (Å²) in [4.78, 5) is 0. The molecule has 0 unspecified atom stereocenters. The quantitative estimate of drug-likeness (QED) is 0.641. The second kappa shape index (κ2) is 4.03. The van der Waals surface area contributed by atoms with E-state index in [4.69, 9.17) is 12.2 Å². The molecule has 0 saturated carbocycles. The van der Waals surface area contributed by atoms with Crippen molar-refractivity contribution >= 4 is 39.7 Å². The van der Waals surface area contributed by atoms with E-state index in [1.54, 1.807) is 0 Å². The van der Waals surface area contributed by atoms with Crippen molar-refractivity contribution in [1.82, 2.24) is 9.58 Å². The van der Waals surface area contributed by atoms with Crippen LogP contribution in [0, 0.1) is 0 Å². The van der Waals surface area contributed by atoms with Crippen molar-refractivity contribution in [2.75, 3.05) is 17.8 Å². The van der Waals surface area contributed by atoms with Gasteiger partial charge in [-0.3, -0.25) is 10.4 Å². The molecule has 1 aromatic carbocycles. The van der Waals surface area contributed by atoms with Gasteiger partial charge in [0.2, 0.25) is 0 Å². The summed E-state index contributed by atoms with van der Waals surface area (Å²) >= 11 is 5.27. The zero-order valence-corrected chi connectivity index (χ0v) is 10.9. The van der Waals surface area contributed by atoms with Crippen LogP contribution < -0.4 is 10.7 Å². The Morgan fingerprint density at radius 3 is 2.94 bits per heavy atom. The lowest BCUT2D eigenvalue weighted by atomic mass is 10.2. The van der Waals surface area contributed by atoms with Gasteiger partial charge >= 0.3 is 0 Å². The van der Waals surface area contributed by atoms with Gasteiger partial charge in [-0.25, -0.2) is 0 Å².